The average Bonchev–Trinajstić information content (AvgIpc) is 2.51. The number of benzene rings is 2. The van der Waals surface area contributed by atoms with Crippen molar-refractivity contribution in [3.63, 3.8) is 0 Å². The first-order valence-electron chi connectivity index (χ1n) is 7.22. The SMILES string of the molecule is Cc1ccc(NC(=S)NNC(=S)Nc2ccc(C)c(C)c2)cc1. The van der Waals surface area contributed by atoms with E-state index in [2.05, 4.69) is 41.4 Å². The van der Waals surface area contributed by atoms with Crippen molar-refractivity contribution in [2.75, 3.05) is 10.6 Å². The summed E-state index contributed by atoms with van der Waals surface area (Å²) in [5.41, 5.74) is 11.2. The van der Waals surface area contributed by atoms with Crippen LogP contribution in [-0.4, -0.2) is 10.2 Å². The standard InChI is InChI=1S/C17H20N4S2/c1-11-4-7-14(8-5-11)18-16(22)20-21-17(23)19-15-9-6-12(2)13(3)10-15/h4-10H,1-3H3,(H2,18,20,22)(H2,19,21,23). The molecule has 0 saturated heterocycles. The molecule has 2 rings (SSSR count). The van der Waals surface area contributed by atoms with Crippen LogP contribution >= 0.6 is 24.4 Å². The summed E-state index contributed by atoms with van der Waals surface area (Å²) < 4.78 is 0. The van der Waals surface area contributed by atoms with Crippen LogP contribution in [0, 0.1) is 20.8 Å². The van der Waals surface area contributed by atoms with E-state index in [9.17, 15) is 0 Å². The second-order valence-corrected chi connectivity index (χ2v) is 6.14. The van der Waals surface area contributed by atoms with Crippen molar-refractivity contribution < 1.29 is 0 Å². The van der Waals surface area contributed by atoms with Crippen molar-refractivity contribution >= 4 is 46.0 Å². The highest BCUT2D eigenvalue weighted by Crippen LogP contribution is 2.13. The Labute approximate surface area is 147 Å². The third kappa shape index (κ3) is 5.50. The summed E-state index contributed by atoms with van der Waals surface area (Å²) in [4.78, 5) is 0. The quantitative estimate of drug-likeness (QED) is 0.491. The topological polar surface area (TPSA) is 48.1 Å². The molecule has 2 aromatic carbocycles. The van der Waals surface area contributed by atoms with Gasteiger partial charge < -0.3 is 10.6 Å². The molecule has 4 nitrogen and oxygen atoms in total. The van der Waals surface area contributed by atoms with Gasteiger partial charge in [0, 0.05) is 11.4 Å². The fourth-order valence-corrected chi connectivity index (χ4v) is 2.23. The second-order valence-electron chi connectivity index (χ2n) is 5.32. The first kappa shape index (κ1) is 17.2. The molecular formula is C17H20N4S2. The number of aryl methyl sites for hydroxylation is 3. The van der Waals surface area contributed by atoms with Gasteiger partial charge in [-0.1, -0.05) is 23.8 Å². The zero-order valence-corrected chi connectivity index (χ0v) is 15.0. The average molecular weight is 345 g/mol. The van der Waals surface area contributed by atoms with Crippen molar-refractivity contribution in [2.24, 2.45) is 0 Å². The summed E-state index contributed by atoms with van der Waals surface area (Å²) >= 11 is 10.5. The van der Waals surface area contributed by atoms with Crippen LogP contribution < -0.4 is 21.5 Å². The van der Waals surface area contributed by atoms with Crippen molar-refractivity contribution in [3.05, 3.63) is 59.2 Å². The fraction of sp³-hybridized carbons (Fsp3) is 0.176. The molecule has 0 spiro atoms. The van der Waals surface area contributed by atoms with Gasteiger partial charge in [0.1, 0.15) is 0 Å². The number of hydrogen-bond acceptors (Lipinski definition) is 2. The van der Waals surface area contributed by atoms with Gasteiger partial charge in [0.2, 0.25) is 0 Å². The number of thiocarbonyl (C=S) groups is 2. The summed E-state index contributed by atoms with van der Waals surface area (Å²) in [5, 5.41) is 7.07. The number of hydrazine groups is 1. The molecule has 23 heavy (non-hydrogen) atoms. The summed E-state index contributed by atoms with van der Waals surface area (Å²) in [5.74, 6) is 0. The van der Waals surface area contributed by atoms with Crippen molar-refractivity contribution in [3.8, 4) is 0 Å². The van der Waals surface area contributed by atoms with Gasteiger partial charge in [0.05, 0.1) is 0 Å². The summed E-state index contributed by atoms with van der Waals surface area (Å²) in [6, 6.07) is 14.1. The Hall–Kier alpha value is -2.18. The van der Waals surface area contributed by atoms with E-state index in [0.717, 1.165) is 11.4 Å². The monoisotopic (exact) mass is 344 g/mol. The van der Waals surface area contributed by atoms with Gasteiger partial charge in [-0.3, -0.25) is 10.9 Å². The van der Waals surface area contributed by atoms with E-state index in [-0.39, 0.29) is 0 Å². The van der Waals surface area contributed by atoms with Crippen LogP contribution in [0.5, 0.6) is 0 Å². The molecule has 0 atom stereocenters. The highest BCUT2D eigenvalue weighted by Gasteiger charge is 2.01. The Morgan fingerprint density at radius 2 is 1.22 bits per heavy atom. The van der Waals surface area contributed by atoms with Crippen molar-refractivity contribution in [1.82, 2.24) is 10.9 Å². The van der Waals surface area contributed by atoms with Crippen LogP contribution in [0.2, 0.25) is 0 Å². The molecule has 0 unspecified atom stereocenters. The molecule has 6 heteroatoms. The minimum absolute atomic E-state index is 0.443. The first-order chi connectivity index (χ1) is 10.9. The molecule has 0 fully saturated rings. The zero-order valence-electron chi connectivity index (χ0n) is 13.4. The number of anilines is 2. The van der Waals surface area contributed by atoms with Crippen molar-refractivity contribution in [2.45, 2.75) is 20.8 Å². The predicted molar refractivity (Wildman–Crippen MR) is 106 cm³/mol. The summed E-state index contributed by atoms with van der Waals surface area (Å²) in [6.07, 6.45) is 0. The Balaban J connectivity index is 1.80. The zero-order chi connectivity index (χ0) is 16.8. The highest BCUT2D eigenvalue weighted by molar-refractivity contribution is 7.81. The van der Waals surface area contributed by atoms with E-state index in [0.29, 0.717) is 10.2 Å². The normalized spacial score (nSPS) is 9.87. The lowest BCUT2D eigenvalue weighted by Gasteiger charge is -2.15. The summed E-state index contributed by atoms with van der Waals surface area (Å²) in [6.45, 7) is 6.18. The van der Waals surface area contributed by atoms with Gasteiger partial charge in [0.15, 0.2) is 10.2 Å². The fourth-order valence-electron chi connectivity index (χ4n) is 1.89. The summed E-state index contributed by atoms with van der Waals surface area (Å²) in [7, 11) is 0. The van der Waals surface area contributed by atoms with E-state index in [1.807, 2.05) is 43.3 Å². The predicted octanol–water partition coefficient (Wildman–Crippen LogP) is 3.80. The molecule has 0 aromatic heterocycles. The molecule has 0 aliphatic heterocycles. The van der Waals surface area contributed by atoms with E-state index < -0.39 is 0 Å². The smallest absolute Gasteiger partial charge is 0.189 e. The Kier molecular flexibility index (Phi) is 5.90. The number of hydrogen-bond donors (Lipinski definition) is 4. The van der Waals surface area contributed by atoms with Gasteiger partial charge in [-0.25, -0.2) is 0 Å². The molecule has 0 saturated carbocycles. The van der Waals surface area contributed by atoms with E-state index >= 15 is 0 Å². The number of nitrogens with one attached hydrogen (secondary N) is 4. The largest absolute Gasteiger partial charge is 0.331 e. The van der Waals surface area contributed by atoms with Gasteiger partial charge in [0.25, 0.3) is 0 Å². The molecule has 0 aliphatic rings. The lowest BCUT2D eigenvalue weighted by Crippen LogP contribution is -2.45. The van der Waals surface area contributed by atoms with Crippen LogP contribution in [-0.2, 0) is 0 Å². The molecule has 4 N–H and O–H groups in total. The van der Waals surface area contributed by atoms with E-state index in [1.54, 1.807) is 0 Å². The lowest BCUT2D eigenvalue weighted by atomic mass is 10.1. The van der Waals surface area contributed by atoms with Crippen LogP contribution in [0.4, 0.5) is 11.4 Å². The molecule has 0 amide bonds. The highest BCUT2D eigenvalue weighted by atomic mass is 32.1. The second kappa shape index (κ2) is 7.89. The Bertz CT molecular complexity index is 711. The Morgan fingerprint density at radius 1 is 0.696 bits per heavy atom. The molecule has 0 radical (unpaired) electrons. The van der Waals surface area contributed by atoms with Crippen LogP contribution in [0.3, 0.4) is 0 Å². The van der Waals surface area contributed by atoms with Crippen LogP contribution in [0.15, 0.2) is 42.5 Å². The maximum absolute atomic E-state index is 5.24. The minimum Gasteiger partial charge on any atom is -0.331 e. The Morgan fingerprint density at radius 3 is 1.78 bits per heavy atom. The molecule has 0 aliphatic carbocycles. The van der Waals surface area contributed by atoms with Gasteiger partial charge in [-0.15, -0.1) is 0 Å². The lowest BCUT2D eigenvalue weighted by molar-refractivity contribution is 0.885. The van der Waals surface area contributed by atoms with Gasteiger partial charge >= 0.3 is 0 Å². The van der Waals surface area contributed by atoms with Gasteiger partial charge in [-0.05, 0) is 80.6 Å². The number of rotatable bonds is 2. The first-order valence-corrected chi connectivity index (χ1v) is 8.03. The van der Waals surface area contributed by atoms with E-state index in [4.69, 9.17) is 24.4 Å². The van der Waals surface area contributed by atoms with E-state index in [1.165, 1.54) is 16.7 Å². The molecule has 0 heterocycles. The third-order valence-corrected chi connectivity index (χ3v) is 3.77. The van der Waals surface area contributed by atoms with Crippen LogP contribution in [0.25, 0.3) is 0 Å². The molecular weight excluding hydrogens is 324 g/mol. The third-order valence-electron chi connectivity index (χ3n) is 3.36. The minimum atomic E-state index is 0.443. The molecule has 0 bridgehead atoms. The van der Waals surface area contributed by atoms with Crippen molar-refractivity contribution in [1.29, 1.82) is 0 Å². The maximum Gasteiger partial charge on any atom is 0.189 e. The molecule has 120 valence electrons. The van der Waals surface area contributed by atoms with Gasteiger partial charge in [-0.2, -0.15) is 0 Å². The van der Waals surface area contributed by atoms with Crippen LogP contribution in [0.1, 0.15) is 16.7 Å². The molecule has 2 aromatic rings. The maximum atomic E-state index is 5.24.